The highest BCUT2D eigenvalue weighted by atomic mass is 32.1. The molecule has 0 spiro atoms. The van der Waals surface area contributed by atoms with Gasteiger partial charge in [-0.15, -0.1) is 0 Å². The van der Waals surface area contributed by atoms with Gasteiger partial charge in [0.05, 0.1) is 19.2 Å². The van der Waals surface area contributed by atoms with E-state index >= 15 is 0 Å². The first kappa shape index (κ1) is 22.7. The predicted molar refractivity (Wildman–Crippen MR) is 138 cm³/mol. The summed E-state index contributed by atoms with van der Waals surface area (Å²) in [6.07, 6.45) is 3.51. The summed E-state index contributed by atoms with van der Waals surface area (Å²) in [5, 5.41) is 4.61. The minimum absolute atomic E-state index is 0.183. The lowest BCUT2D eigenvalue weighted by molar-refractivity contribution is 0.172. The molecule has 5 rings (SSSR count). The molecule has 2 aromatic heterocycles. The maximum absolute atomic E-state index is 13.0. The quantitative estimate of drug-likeness (QED) is 0.392. The van der Waals surface area contributed by atoms with E-state index in [0.717, 1.165) is 22.4 Å². The molecular weight excluding hydrogens is 464 g/mol. The lowest BCUT2D eigenvalue weighted by Gasteiger charge is -2.26. The van der Waals surface area contributed by atoms with Crippen molar-refractivity contribution in [3.8, 4) is 17.2 Å². The molecule has 35 heavy (non-hydrogen) atoms. The van der Waals surface area contributed by atoms with Crippen LogP contribution in [-0.2, 0) is 13.1 Å². The third-order valence-corrected chi connectivity index (χ3v) is 6.03. The molecule has 8 nitrogen and oxygen atoms in total. The Morgan fingerprint density at radius 1 is 1.11 bits per heavy atom. The van der Waals surface area contributed by atoms with E-state index < -0.39 is 0 Å². The summed E-state index contributed by atoms with van der Waals surface area (Å²) in [5.41, 5.74) is 2.89. The number of hydrogen-bond acceptors (Lipinski definition) is 6. The largest absolute Gasteiger partial charge is 0.497 e. The van der Waals surface area contributed by atoms with Gasteiger partial charge < -0.3 is 29.4 Å². The van der Waals surface area contributed by atoms with Crippen molar-refractivity contribution < 1.29 is 14.2 Å². The summed E-state index contributed by atoms with van der Waals surface area (Å²) in [6, 6.07) is 16.9. The summed E-state index contributed by atoms with van der Waals surface area (Å²) >= 11 is 5.75. The fraction of sp³-hybridized carbons (Fsp3) is 0.192. The molecule has 3 heterocycles. The maximum Gasteiger partial charge on any atom is 0.253 e. The first-order chi connectivity index (χ1) is 17.1. The van der Waals surface area contributed by atoms with Gasteiger partial charge in [-0.05, 0) is 60.2 Å². The minimum Gasteiger partial charge on any atom is -0.497 e. The molecule has 0 atom stereocenters. The molecule has 0 unspecified atom stereocenters. The van der Waals surface area contributed by atoms with E-state index in [-0.39, 0.29) is 5.56 Å². The molecule has 0 radical (unpaired) electrons. The van der Waals surface area contributed by atoms with E-state index in [4.69, 9.17) is 26.4 Å². The van der Waals surface area contributed by atoms with E-state index in [1.807, 2.05) is 53.4 Å². The van der Waals surface area contributed by atoms with Gasteiger partial charge in [-0.3, -0.25) is 9.78 Å². The number of hydrogen-bond donors (Lipinski definition) is 2. The van der Waals surface area contributed by atoms with Crippen molar-refractivity contribution >= 4 is 33.9 Å². The van der Waals surface area contributed by atoms with Crippen molar-refractivity contribution in [2.45, 2.75) is 13.1 Å². The summed E-state index contributed by atoms with van der Waals surface area (Å²) in [5.74, 6) is 2.06. The summed E-state index contributed by atoms with van der Waals surface area (Å²) in [4.78, 5) is 22.1. The molecule has 2 N–H and O–H groups in total. The number of pyridine rings is 2. The molecule has 0 saturated heterocycles. The summed E-state index contributed by atoms with van der Waals surface area (Å²) in [6.45, 7) is 1.77. The van der Waals surface area contributed by atoms with Crippen molar-refractivity contribution in [2.24, 2.45) is 0 Å². The second kappa shape index (κ2) is 10.0. The number of ether oxygens (including phenoxy) is 3. The van der Waals surface area contributed by atoms with Gasteiger partial charge >= 0.3 is 0 Å². The molecule has 178 valence electrons. The van der Waals surface area contributed by atoms with Crippen LogP contribution in [0.25, 0.3) is 10.9 Å². The lowest BCUT2D eigenvalue weighted by Crippen LogP contribution is -2.35. The van der Waals surface area contributed by atoms with Crippen molar-refractivity contribution in [1.82, 2.24) is 14.9 Å². The van der Waals surface area contributed by atoms with Gasteiger partial charge in [0.15, 0.2) is 16.6 Å². The molecule has 0 aliphatic carbocycles. The number of fused-ring (bicyclic) bond motifs is 2. The molecule has 4 aromatic rings. The van der Waals surface area contributed by atoms with Crippen LogP contribution in [0.1, 0.15) is 11.1 Å². The molecule has 1 aliphatic rings. The Kier molecular flexibility index (Phi) is 6.49. The highest BCUT2D eigenvalue weighted by Gasteiger charge is 2.17. The van der Waals surface area contributed by atoms with E-state index in [1.165, 1.54) is 0 Å². The molecule has 0 fully saturated rings. The smallest absolute Gasteiger partial charge is 0.253 e. The Hall–Kier alpha value is -4.11. The number of nitrogens with one attached hydrogen (secondary N) is 2. The summed E-state index contributed by atoms with van der Waals surface area (Å²) < 4.78 is 16.6. The highest BCUT2D eigenvalue weighted by Crippen LogP contribution is 2.33. The van der Waals surface area contributed by atoms with Crippen LogP contribution in [0.2, 0.25) is 0 Å². The van der Waals surface area contributed by atoms with Gasteiger partial charge in [-0.1, -0.05) is 6.07 Å². The lowest BCUT2D eigenvalue weighted by atomic mass is 10.1. The van der Waals surface area contributed by atoms with Gasteiger partial charge in [0, 0.05) is 41.6 Å². The Balaban J connectivity index is 1.44. The number of rotatable bonds is 6. The van der Waals surface area contributed by atoms with Gasteiger partial charge in [-0.2, -0.15) is 0 Å². The summed E-state index contributed by atoms with van der Waals surface area (Å²) in [7, 11) is 1.62. The maximum atomic E-state index is 13.0. The standard InChI is InChI=1S/C26H24N4O4S/c1-32-21-6-4-20(5-7-21)28-26(35)30(15-17-3-2-8-27-14-17)16-19-11-18-12-23-24(34-10-9-33-23)13-22(18)29-25(19)31/h2-8,11-14H,9-10,15-16H2,1H3,(H,28,35)(H,29,31). The minimum atomic E-state index is -0.183. The van der Waals surface area contributed by atoms with Crippen molar-refractivity contribution in [2.75, 3.05) is 25.6 Å². The van der Waals surface area contributed by atoms with Crippen LogP contribution >= 0.6 is 12.2 Å². The van der Waals surface area contributed by atoms with Crippen molar-refractivity contribution in [1.29, 1.82) is 0 Å². The number of nitrogens with zero attached hydrogens (tertiary/aromatic N) is 2. The number of aromatic nitrogens is 2. The zero-order valence-electron chi connectivity index (χ0n) is 19.1. The second-order valence-electron chi connectivity index (χ2n) is 8.08. The average molecular weight is 489 g/mol. The third kappa shape index (κ3) is 5.20. The van der Waals surface area contributed by atoms with E-state index in [2.05, 4.69) is 15.3 Å². The Labute approximate surface area is 207 Å². The second-order valence-corrected chi connectivity index (χ2v) is 8.47. The zero-order chi connectivity index (χ0) is 24.2. The van der Waals surface area contributed by atoms with Crippen LogP contribution < -0.4 is 25.1 Å². The Morgan fingerprint density at radius 2 is 1.89 bits per heavy atom. The molecule has 1 aliphatic heterocycles. The first-order valence-corrected chi connectivity index (χ1v) is 11.5. The normalized spacial score (nSPS) is 12.3. The fourth-order valence-electron chi connectivity index (χ4n) is 3.90. The molecule has 0 amide bonds. The molecule has 0 saturated carbocycles. The third-order valence-electron chi connectivity index (χ3n) is 5.67. The van der Waals surface area contributed by atoms with E-state index in [0.29, 0.717) is 54.0 Å². The van der Waals surface area contributed by atoms with Gasteiger partial charge in [-0.25, -0.2) is 0 Å². The number of H-pyrrole nitrogens is 1. The number of thiocarbonyl (C=S) groups is 1. The monoisotopic (exact) mass is 488 g/mol. The number of benzene rings is 2. The van der Waals surface area contributed by atoms with Crippen LogP contribution in [-0.4, -0.2) is 40.3 Å². The highest BCUT2D eigenvalue weighted by molar-refractivity contribution is 7.80. The molecular formula is C26H24N4O4S. The Morgan fingerprint density at radius 3 is 2.60 bits per heavy atom. The van der Waals surface area contributed by atoms with Crippen LogP contribution in [0.5, 0.6) is 17.2 Å². The van der Waals surface area contributed by atoms with Crippen LogP contribution in [0.3, 0.4) is 0 Å². The number of anilines is 1. The molecule has 2 aromatic carbocycles. The topological polar surface area (TPSA) is 88.7 Å². The Bertz CT molecular complexity index is 1410. The SMILES string of the molecule is COc1ccc(NC(=S)N(Cc2cccnc2)Cc2cc3cc4c(cc3[nH]c2=O)OCCO4)cc1. The molecule has 9 heteroatoms. The van der Waals surface area contributed by atoms with Gasteiger partial charge in [0.1, 0.15) is 19.0 Å². The van der Waals surface area contributed by atoms with E-state index in [1.54, 1.807) is 25.6 Å². The van der Waals surface area contributed by atoms with Crippen LogP contribution in [0.4, 0.5) is 5.69 Å². The van der Waals surface area contributed by atoms with Gasteiger partial charge in [0.25, 0.3) is 5.56 Å². The fourth-order valence-corrected chi connectivity index (χ4v) is 4.15. The first-order valence-electron chi connectivity index (χ1n) is 11.1. The van der Waals surface area contributed by atoms with Gasteiger partial charge in [0.2, 0.25) is 0 Å². The van der Waals surface area contributed by atoms with Crippen molar-refractivity contribution in [3.05, 3.63) is 88.5 Å². The number of aromatic amines is 1. The molecule has 0 bridgehead atoms. The van der Waals surface area contributed by atoms with Crippen molar-refractivity contribution in [3.63, 3.8) is 0 Å². The average Bonchev–Trinajstić information content (AvgIpc) is 2.88. The van der Waals surface area contributed by atoms with E-state index in [9.17, 15) is 4.79 Å². The predicted octanol–water partition coefficient (Wildman–Crippen LogP) is 4.10. The zero-order valence-corrected chi connectivity index (χ0v) is 19.9. The van der Waals surface area contributed by atoms with Crippen LogP contribution in [0, 0.1) is 0 Å². The number of methoxy groups -OCH3 is 1. The van der Waals surface area contributed by atoms with Crippen LogP contribution in [0.15, 0.2) is 71.8 Å².